The van der Waals surface area contributed by atoms with Gasteiger partial charge in [0.25, 0.3) is 0 Å². The molecule has 0 spiro atoms. The highest BCUT2D eigenvalue weighted by Gasteiger charge is 2.13. The van der Waals surface area contributed by atoms with Crippen molar-refractivity contribution < 1.29 is 9.47 Å². The van der Waals surface area contributed by atoms with Crippen LogP contribution in [0.1, 0.15) is 22.3 Å². The fraction of sp³-hybridized carbons (Fsp3) is 0. The Morgan fingerprint density at radius 3 is 1.50 bits per heavy atom. The quantitative estimate of drug-likeness (QED) is 0.355. The van der Waals surface area contributed by atoms with Crippen molar-refractivity contribution in [3.63, 3.8) is 0 Å². The molecule has 0 aliphatic carbocycles. The molecule has 0 radical (unpaired) electrons. The van der Waals surface area contributed by atoms with Crippen molar-refractivity contribution >= 4 is 0 Å². The monoisotopic (exact) mass is 438 g/mol. The van der Waals surface area contributed by atoms with E-state index in [1.165, 1.54) is 24.3 Å². The maximum absolute atomic E-state index is 9.34. The van der Waals surface area contributed by atoms with E-state index in [1.54, 1.807) is 18.2 Å². The Labute approximate surface area is 196 Å². The molecule has 0 heterocycles. The van der Waals surface area contributed by atoms with Crippen LogP contribution in [0.25, 0.3) is 11.1 Å². The minimum atomic E-state index is 0.201. The average molecular weight is 438 g/mol. The molecule has 0 aliphatic rings. The Balaban J connectivity index is 1.76. The first-order chi connectivity index (χ1) is 16.6. The summed E-state index contributed by atoms with van der Waals surface area (Å²) in [6.07, 6.45) is 0. The summed E-state index contributed by atoms with van der Waals surface area (Å²) in [5.74, 6) is 1.47. The van der Waals surface area contributed by atoms with Crippen LogP contribution >= 0.6 is 0 Å². The van der Waals surface area contributed by atoms with Crippen molar-refractivity contribution in [1.82, 2.24) is 0 Å². The van der Waals surface area contributed by atoms with Gasteiger partial charge in [0.2, 0.25) is 0 Å². The molecule has 0 atom stereocenters. The smallest absolute Gasteiger partial charge is 0.170 e. The second-order valence-electron chi connectivity index (χ2n) is 7.09. The van der Waals surface area contributed by atoms with Gasteiger partial charge in [0.15, 0.2) is 11.5 Å². The van der Waals surface area contributed by atoms with Crippen LogP contribution in [0.5, 0.6) is 23.0 Å². The SMILES string of the molecule is N#Cc1ccc(Oc2ccc(-c3ccccc3)cc2Oc2ccc(C#N)c(C#N)c2)cc1C#N. The van der Waals surface area contributed by atoms with E-state index in [0.717, 1.165) is 11.1 Å². The first-order valence-electron chi connectivity index (χ1n) is 10.1. The first kappa shape index (κ1) is 21.7. The molecule has 0 bridgehead atoms. The molecule has 0 unspecified atom stereocenters. The number of nitrogens with zero attached hydrogens (tertiary/aromatic N) is 4. The van der Waals surface area contributed by atoms with Crippen LogP contribution in [0.2, 0.25) is 0 Å². The second-order valence-corrected chi connectivity index (χ2v) is 7.09. The molecule has 0 fully saturated rings. The Bertz CT molecular complexity index is 1550. The Morgan fingerprint density at radius 2 is 0.971 bits per heavy atom. The highest BCUT2D eigenvalue weighted by Crippen LogP contribution is 2.39. The molecule has 0 aromatic heterocycles. The van der Waals surface area contributed by atoms with Crippen molar-refractivity contribution in [2.75, 3.05) is 0 Å². The average Bonchev–Trinajstić information content (AvgIpc) is 2.90. The van der Waals surface area contributed by atoms with Gasteiger partial charge in [0, 0.05) is 0 Å². The molecular formula is C28H14N4O2. The van der Waals surface area contributed by atoms with Gasteiger partial charge in [0.05, 0.1) is 22.3 Å². The van der Waals surface area contributed by atoms with E-state index in [9.17, 15) is 15.8 Å². The summed E-state index contributed by atoms with van der Waals surface area (Å²) in [6, 6.07) is 32.3. The lowest BCUT2D eigenvalue weighted by Gasteiger charge is -2.15. The highest BCUT2D eigenvalue weighted by atomic mass is 16.5. The van der Waals surface area contributed by atoms with E-state index < -0.39 is 0 Å². The summed E-state index contributed by atoms with van der Waals surface area (Å²) in [4.78, 5) is 0. The number of rotatable bonds is 5. The van der Waals surface area contributed by atoms with Crippen LogP contribution in [0.3, 0.4) is 0 Å². The molecule has 0 amide bonds. The van der Waals surface area contributed by atoms with Gasteiger partial charge in [-0.2, -0.15) is 21.0 Å². The third-order valence-corrected chi connectivity index (χ3v) is 4.97. The Hall–Kier alpha value is -5.56. The predicted octanol–water partition coefficient (Wildman–Crippen LogP) is 6.42. The van der Waals surface area contributed by atoms with Gasteiger partial charge in [-0.25, -0.2) is 0 Å². The lowest BCUT2D eigenvalue weighted by Crippen LogP contribution is -1.94. The van der Waals surface area contributed by atoms with Gasteiger partial charge in [-0.15, -0.1) is 0 Å². The maximum atomic E-state index is 9.34. The zero-order valence-corrected chi connectivity index (χ0v) is 17.7. The van der Waals surface area contributed by atoms with Crippen molar-refractivity contribution in [1.29, 1.82) is 21.0 Å². The van der Waals surface area contributed by atoms with E-state index in [-0.39, 0.29) is 22.3 Å². The number of benzene rings is 4. The lowest BCUT2D eigenvalue weighted by molar-refractivity contribution is 0.419. The number of nitriles is 4. The van der Waals surface area contributed by atoms with Crippen LogP contribution in [0.15, 0.2) is 84.9 Å². The van der Waals surface area contributed by atoms with E-state index in [0.29, 0.717) is 23.0 Å². The Kier molecular flexibility index (Phi) is 6.19. The van der Waals surface area contributed by atoms with Crippen molar-refractivity contribution in [3.05, 3.63) is 107 Å². The molecule has 158 valence electrons. The molecule has 6 heteroatoms. The Morgan fingerprint density at radius 1 is 0.441 bits per heavy atom. The van der Waals surface area contributed by atoms with Crippen LogP contribution in [0, 0.1) is 45.3 Å². The summed E-state index contributed by atoms with van der Waals surface area (Å²) >= 11 is 0. The molecule has 34 heavy (non-hydrogen) atoms. The van der Waals surface area contributed by atoms with Gasteiger partial charge >= 0.3 is 0 Å². The summed E-state index contributed by atoms with van der Waals surface area (Å²) in [7, 11) is 0. The number of hydrogen-bond donors (Lipinski definition) is 0. The highest BCUT2D eigenvalue weighted by molar-refractivity contribution is 5.68. The van der Waals surface area contributed by atoms with Gasteiger partial charge in [0.1, 0.15) is 35.8 Å². The van der Waals surface area contributed by atoms with E-state index in [1.807, 2.05) is 66.7 Å². The molecular weight excluding hydrogens is 424 g/mol. The summed E-state index contributed by atoms with van der Waals surface area (Å²) < 4.78 is 12.1. The van der Waals surface area contributed by atoms with Crippen molar-refractivity contribution in [2.24, 2.45) is 0 Å². The largest absolute Gasteiger partial charge is 0.453 e. The number of ether oxygens (including phenoxy) is 2. The van der Waals surface area contributed by atoms with Crippen LogP contribution in [-0.2, 0) is 0 Å². The zero-order chi connectivity index (χ0) is 23.9. The van der Waals surface area contributed by atoms with Crippen LogP contribution in [-0.4, -0.2) is 0 Å². The minimum absolute atomic E-state index is 0.201. The molecule has 0 N–H and O–H groups in total. The number of hydrogen-bond acceptors (Lipinski definition) is 6. The third kappa shape index (κ3) is 4.53. The van der Waals surface area contributed by atoms with Gasteiger partial charge in [-0.1, -0.05) is 36.4 Å². The van der Waals surface area contributed by atoms with E-state index in [2.05, 4.69) is 0 Å². The summed E-state index contributed by atoms with van der Waals surface area (Å²) in [5.41, 5.74) is 2.77. The maximum Gasteiger partial charge on any atom is 0.170 e. The van der Waals surface area contributed by atoms with Crippen molar-refractivity contribution in [2.45, 2.75) is 0 Å². The fourth-order valence-electron chi connectivity index (χ4n) is 3.29. The first-order valence-corrected chi connectivity index (χ1v) is 10.1. The van der Waals surface area contributed by atoms with E-state index >= 15 is 0 Å². The van der Waals surface area contributed by atoms with Gasteiger partial charge < -0.3 is 9.47 Å². The van der Waals surface area contributed by atoms with Gasteiger partial charge in [-0.05, 0) is 59.7 Å². The second kappa shape index (κ2) is 9.71. The molecule has 4 rings (SSSR count). The van der Waals surface area contributed by atoms with Crippen LogP contribution in [0.4, 0.5) is 0 Å². The van der Waals surface area contributed by atoms with Crippen LogP contribution < -0.4 is 9.47 Å². The predicted molar refractivity (Wildman–Crippen MR) is 124 cm³/mol. The molecule has 4 aromatic rings. The van der Waals surface area contributed by atoms with E-state index in [4.69, 9.17) is 14.7 Å². The summed E-state index contributed by atoms with van der Waals surface area (Å²) in [5, 5.41) is 37.0. The zero-order valence-electron chi connectivity index (χ0n) is 17.7. The fourth-order valence-corrected chi connectivity index (χ4v) is 3.29. The summed E-state index contributed by atoms with van der Waals surface area (Å²) in [6.45, 7) is 0. The van der Waals surface area contributed by atoms with Gasteiger partial charge in [-0.3, -0.25) is 0 Å². The molecule has 0 saturated carbocycles. The third-order valence-electron chi connectivity index (χ3n) is 4.97. The molecule has 0 aliphatic heterocycles. The normalized spacial score (nSPS) is 9.65. The topological polar surface area (TPSA) is 114 Å². The minimum Gasteiger partial charge on any atom is -0.453 e. The molecule has 4 aromatic carbocycles. The standard InChI is InChI=1S/C28H14N4O2/c29-15-21-6-9-25(12-23(21)17-31)33-27-11-8-20(19-4-2-1-3-5-19)14-28(27)34-26-10-7-22(16-30)24(13-26)18-32/h1-14H. The van der Waals surface area contributed by atoms with Crippen molar-refractivity contribution in [3.8, 4) is 58.4 Å². The molecule has 0 saturated heterocycles. The lowest BCUT2D eigenvalue weighted by atomic mass is 10.1. The molecule has 6 nitrogen and oxygen atoms in total.